The summed E-state index contributed by atoms with van der Waals surface area (Å²) in [6.45, 7) is 4.11. The van der Waals surface area contributed by atoms with Gasteiger partial charge in [0.1, 0.15) is 9.96 Å². The number of sulfonamides is 1. The smallest absolute Gasteiger partial charge is 0.271 e. The predicted octanol–water partition coefficient (Wildman–Crippen LogP) is 4.95. The summed E-state index contributed by atoms with van der Waals surface area (Å²) in [5.41, 5.74) is 3.44. The zero-order chi connectivity index (χ0) is 22.9. The molecule has 3 aromatic rings. The first-order valence-corrected chi connectivity index (χ1v) is 12.5. The molecule has 8 heteroatoms. The average Bonchev–Trinajstić information content (AvgIpc) is 3.29. The number of Topliss-reactive ketones (excluding diaryl/α,β-unsaturated/α-hetero) is 1. The van der Waals surface area contributed by atoms with E-state index >= 15 is 0 Å². The van der Waals surface area contributed by atoms with Gasteiger partial charge in [0, 0.05) is 16.8 Å². The number of methoxy groups -OCH3 is 1. The fourth-order valence-corrected chi connectivity index (χ4v) is 5.82. The minimum absolute atomic E-state index is 0.0807. The summed E-state index contributed by atoms with van der Waals surface area (Å²) in [5, 5.41) is 1.71. The number of ether oxygens (including phenoxy) is 1. The van der Waals surface area contributed by atoms with Crippen molar-refractivity contribution in [2.45, 2.75) is 36.4 Å². The van der Waals surface area contributed by atoms with Crippen molar-refractivity contribution in [3.8, 4) is 5.75 Å². The van der Waals surface area contributed by atoms with Crippen LogP contribution in [-0.2, 0) is 16.4 Å². The Bertz CT molecular complexity index is 1280. The number of rotatable bonds is 7. The number of ketones is 1. The van der Waals surface area contributed by atoms with Crippen molar-refractivity contribution in [1.82, 2.24) is 0 Å². The molecule has 0 bridgehead atoms. The van der Waals surface area contributed by atoms with E-state index in [1.165, 1.54) is 0 Å². The predicted molar refractivity (Wildman–Crippen MR) is 128 cm³/mol. The van der Waals surface area contributed by atoms with Gasteiger partial charge in [0.05, 0.1) is 24.8 Å². The monoisotopic (exact) mass is 468 g/mol. The molecular weight excluding hydrogens is 444 g/mol. The second kappa shape index (κ2) is 8.52. The van der Waals surface area contributed by atoms with Gasteiger partial charge in [0.15, 0.2) is 5.78 Å². The number of carbonyl (C=O) groups is 1. The number of nitrogens with one attached hydrogen (secondary N) is 1. The molecule has 0 saturated carbocycles. The minimum atomic E-state index is -3.63. The topological polar surface area (TPSA) is 84.8 Å². The molecule has 0 amide bonds. The summed E-state index contributed by atoms with van der Waals surface area (Å²) in [5.74, 6) is 0.647. The van der Waals surface area contributed by atoms with Gasteiger partial charge in [-0.15, -0.1) is 11.3 Å². The van der Waals surface area contributed by atoms with Crippen LogP contribution in [0.1, 0.15) is 41.8 Å². The molecule has 1 N–H and O–H groups in total. The van der Waals surface area contributed by atoms with Crippen molar-refractivity contribution >= 4 is 38.5 Å². The maximum atomic E-state index is 13.0. The Hall–Kier alpha value is -2.97. The zero-order valence-electron chi connectivity index (χ0n) is 18.1. The maximum absolute atomic E-state index is 13.0. The number of thiophene rings is 1. The van der Waals surface area contributed by atoms with E-state index in [1.807, 2.05) is 18.2 Å². The highest BCUT2D eigenvalue weighted by Gasteiger charge is 2.28. The molecule has 0 radical (unpaired) electrons. The molecule has 166 valence electrons. The Morgan fingerprint density at radius 1 is 1.16 bits per heavy atom. The lowest BCUT2D eigenvalue weighted by Crippen LogP contribution is -2.30. The van der Waals surface area contributed by atoms with Gasteiger partial charge in [-0.2, -0.15) is 0 Å². The fourth-order valence-electron chi connectivity index (χ4n) is 3.77. The molecule has 6 nitrogen and oxygen atoms in total. The van der Waals surface area contributed by atoms with Crippen LogP contribution in [0.2, 0.25) is 0 Å². The molecule has 0 fully saturated rings. The van der Waals surface area contributed by atoms with E-state index in [0.29, 0.717) is 11.3 Å². The molecule has 1 aliphatic heterocycles. The van der Waals surface area contributed by atoms with Gasteiger partial charge in [0.2, 0.25) is 0 Å². The zero-order valence-corrected chi connectivity index (χ0v) is 19.7. The SMILES string of the molecule is COc1ccc2c(c1)C(CC(=O)c1ccc(NS(=O)(=O)c3cccs3)cc1)=NC(C)(C)C2. The van der Waals surface area contributed by atoms with Gasteiger partial charge in [0.25, 0.3) is 10.0 Å². The van der Waals surface area contributed by atoms with Crippen LogP contribution in [0.5, 0.6) is 5.75 Å². The van der Waals surface area contributed by atoms with Crippen molar-refractivity contribution in [1.29, 1.82) is 0 Å². The first-order chi connectivity index (χ1) is 15.2. The standard InChI is InChI=1S/C24H24N2O4S2/c1-24(2)15-17-8-11-19(30-3)13-20(17)21(25-24)14-22(27)16-6-9-18(10-7-16)26-32(28,29)23-5-4-12-31-23/h4-13,26H,14-15H2,1-3H3. The fraction of sp³-hybridized carbons (Fsp3) is 0.250. The van der Waals surface area contributed by atoms with Gasteiger partial charge in [-0.25, -0.2) is 8.42 Å². The molecule has 0 spiro atoms. The van der Waals surface area contributed by atoms with Crippen LogP contribution in [0.15, 0.2) is 69.2 Å². The number of hydrogen-bond acceptors (Lipinski definition) is 6. The number of carbonyl (C=O) groups excluding carboxylic acids is 1. The molecule has 1 aliphatic rings. The van der Waals surface area contributed by atoms with Crippen molar-refractivity contribution in [2.75, 3.05) is 11.8 Å². The molecule has 0 aliphatic carbocycles. The summed E-state index contributed by atoms with van der Waals surface area (Å²) >= 11 is 1.15. The third-order valence-corrected chi connectivity index (χ3v) is 8.01. The van der Waals surface area contributed by atoms with Crippen LogP contribution >= 0.6 is 11.3 Å². The van der Waals surface area contributed by atoms with Crippen LogP contribution < -0.4 is 9.46 Å². The van der Waals surface area contributed by atoms with Crippen LogP contribution in [-0.4, -0.2) is 32.6 Å². The van der Waals surface area contributed by atoms with E-state index in [1.54, 1.807) is 48.9 Å². The molecule has 0 unspecified atom stereocenters. The molecular formula is C24H24N2O4S2. The lowest BCUT2D eigenvalue weighted by molar-refractivity contribution is 0.100. The van der Waals surface area contributed by atoms with E-state index in [9.17, 15) is 13.2 Å². The van der Waals surface area contributed by atoms with Gasteiger partial charge in [-0.3, -0.25) is 14.5 Å². The van der Waals surface area contributed by atoms with Crippen molar-refractivity contribution in [3.05, 3.63) is 76.7 Å². The first kappa shape index (κ1) is 22.2. The highest BCUT2D eigenvalue weighted by molar-refractivity contribution is 7.94. The molecule has 2 heterocycles. The second-order valence-corrected chi connectivity index (χ2v) is 11.1. The maximum Gasteiger partial charge on any atom is 0.271 e. The molecule has 32 heavy (non-hydrogen) atoms. The average molecular weight is 469 g/mol. The third kappa shape index (κ3) is 4.76. The van der Waals surface area contributed by atoms with Crippen molar-refractivity contribution < 1.29 is 17.9 Å². The normalized spacial score (nSPS) is 14.9. The summed E-state index contributed by atoms with van der Waals surface area (Å²) in [7, 11) is -2.01. The number of nitrogens with zero attached hydrogens (tertiary/aromatic N) is 1. The lowest BCUT2D eigenvalue weighted by atomic mass is 9.85. The lowest BCUT2D eigenvalue weighted by Gasteiger charge is -2.29. The molecule has 2 aromatic carbocycles. The summed E-state index contributed by atoms with van der Waals surface area (Å²) in [6.07, 6.45) is 0.951. The summed E-state index contributed by atoms with van der Waals surface area (Å²) < 4.78 is 32.9. The van der Waals surface area contributed by atoms with E-state index in [0.717, 1.165) is 40.3 Å². The highest BCUT2D eigenvalue weighted by Crippen LogP contribution is 2.31. The first-order valence-electron chi connectivity index (χ1n) is 10.1. The number of anilines is 1. The molecule has 0 saturated heterocycles. The van der Waals surface area contributed by atoms with Crippen molar-refractivity contribution in [2.24, 2.45) is 4.99 Å². The van der Waals surface area contributed by atoms with E-state index in [4.69, 9.17) is 9.73 Å². The molecule has 0 atom stereocenters. The van der Waals surface area contributed by atoms with Crippen LogP contribution in [0.4, 0.5) is 5.69 Å². The Labute approximate surface area is 192 Å². The Morgan fingerprint density at radius 2 is 1.91 bits per heavy atom. The number of aliphatic imine (C=N–C) groups is 1. The summed E-state index contributed by atoms with van der Waals surface area (Å²) in [4.78, 5) is 17.9. The Kier molecular flexibility index (Phi) is 5.92. The van der Waals surface area contributed by atoms with Gasteiger partial charge in [-0.1, -0.05) is 12.1 Å². The second-order valence-electron chi connectivity index (χ2n) is 8.29. The van der Waals surface area contributed by atoms with Gasteiger partial charge < -0.3 is 4.74 Å². The summed E-state index contributed by atoms with van der Waals surface area (Å²) in [6, 6.07) is 15.6. The number of benzene rings is 2. The number of hydrogen-bond donors (Lipinski definition) is 1. The Balaban J connectivity index is 1.53. The largest absolute Gasteiger partial charge is 0.497 e. The molecule has 4 rings (SSSR count). The van der Waals surface area contributed by atoms with E-state index in [-0.39, 0.29) is 22.0 Å². The van der Waals surface area contributed by atoms with E-state index < -0.39 is 10.0 Å². The van der Waals surface area contributed by atoms with Gasteiger partial charge >= 0.3 is 0 Å². The van der Waals surface area contributed by atoms with Crippen LogP contribution in [0, 0.1) is 0 Å². The van der Waals surface area contributed by atoms with Crippen molar-refractivity contribution in [3.63, 3.8) is 0 Å². The third-order valence-electron chi connectivity index (χ3n) is 5.24. The quantitative estimate of drug-likeness (QED) is 0.497. The van der Waals surface area contributed by atoms with E-state index in [2.05, 4.69) is 18.6 Å². The minimum Gasteiger partial charge on any atom is -0.497 e. The number of fused-ring (bicyclic) bond motifs is 1. The van der Waals surface area contributed by atoms with Crippen LogP contribution in [0.3, 0.4) is 0 Å². The highest BCUT2D eigenvalue weighted by atomic mass is 32.2. The van der Waals surface area contributed by atoms with Crippen LogP contribution in [0.25, 0.3) is 0 Å². The van der Waals surface area contributed by atoms with Gasteiger partial charge in [-0.05, 0) is 73.7 Å². The molecule has 1 aromatic heterocycles. The Morgan fingerprint density at radius 3 is 2.56 bits per heavy atom.